The molecular weight excluding hydrogens is 342 g/mol. The van der Waals surface area contributed by atoms with Gasteiger partial charge in [-0.25, -0.2) is 0 Å². The summed E-state index contributed by atoms with van der Waals surface area (Å²) in [4.78, 5) is 2.16. The van der Waals surface area contributed by atoms with E-state index >= 15 is 0 Å². The van der Waals surface area contributed by atoms with Crippen molar-refractivity contribution in [3.63, 3.8) is 0 Å². The summed E-state index contributed by atoms with van der Waals surface area (Å²) in [6.45, 7) is 3.61. The summed E-state index contributed by atoms with van der Waals surface area (Å²) < 4.78 is 20.8. The maximum Gasteiger partial charge on any atom is 0.271 e. The van der Waals surface area contributed by atoms with Crippen LogP contribution in [0.4, 0.5) is 5.82 Å². The van der Waals surface area contributed by atoms with Gasteiger partial charge in [0.1, 0.15) is 6.61 Å². The molecule has 1 aromatic carbocycles. The lowest BCUT2D eigenvalue weighted by molar-refractivity contribution is 0.122. The van der Waals surface area contributed by atoms with Crippen LogP contribution in [0.15, 0.2) is 28.7 Å². The maximum atomic E-state index is 5.80. The highest BCUT2D eigenvalue weighted by Gasteiger charge is 2.19. The zero-order valence-corrected chi connectivity index (χ0v) is 13.2. The van der Waals surface area contributed by atoms with Gasteiger partial charge in [-0.3, -0.25) is 0 Å². The molecule has 0 N–H and O–H groups in total. The van der Waals surface area contributed by atoms with E-state index in [-0.39, 0.29) is 0 Å². The molecule has 106 valence electrons. The van der Waals surface area contributed by atoms with Gasteiger partial charge in [-0.05, 0) is 17.7 Å². The summed E-state index contributed by atoms with van der Waals surface area (Å²) in [6, 6.07) is 8.05. The number of nitrogens with zero attached hydrogens (tertiary/aromatic N) is 3. The zero-order valence-electron chi connectivity index (χ0n) is 10.8. The Bertz CT molecular complexity index is 555. The molecule has 5 nitrogen and oxygen atoms in total. The van der Waals surface area contributed by atoms with Crippen molar-refractivity contribution in [3.05, 3.63) is 34.3 Å². The molecule has 0 atom stereocenters. The molecule has 0 spiro atoms. The molecule has 0 bridgehead atoms. The SMILES string of the molecule is Brc1ccc(COc2nsnc2N2CCOCC2)cc1. The van der Waals surface area contributed by atoms with E-state index in [4.69, 9.17) is 9.47 Å². The van der Waals surface area contributed by atoms with E-state index < -0.39 is 0 Å². The molecule has 2 aromatic rings. The number of ether oxygens (including phenoxy) is 2. The van der Waals surface area contributed by atoms with Gasteiger partial charge in [0, 0.05) is 17.6 Å². The largest absolute Gasteiger partial charge is 0.470 e. The minimum atomic E-state index is 0.496. The fourth-order valence-electron chi connectivity index (χ4n) is 1.97. The fourth-order valence-corrected chi connectivity index (χ4v) is 2.75. The average Bonchev–Trinajstić information content (AvgIpc) is 2.96. The average molecular weight is 356 g/mol. The van der Waals surface area contributed by atoms with Crippen LogP contribution in [0.5, 0.6) is 5.88 Å². The van der Waals surface area contributed by atoms with Crippen molar-refractivity contribution < 1.29 is 9.47 Å². The first-order chi connectivity index (χ1) is 9.83. The summed E-state index contributed by atoms with van der Waals surface area (Å²) in [6.07, 6.45) is 0. The maximum absolute atomic E-state index is 5.80. The minimum Gasteiger partial charge on any atom is -0.470 e. The van der Waals surface area contributed by atoms with Crippen LogP contribution in [-0.2, 0) is 11.3 Å². The summed E-state index contributed by atoms with van der Waals surface area (Å²) in [7, 11) is 0. The molecule has 0 unspecified atom stereocenters. The van der Waals surface area contributed by atoms with E-state index in [2.05, 4.69) is 29.6 Å². The van der Waals surface area contributed by atoms with Crippen molar-refractivity contribution in [2.75, 3.05) is 31.2 Å². The van der Waals surface area contributed by atoms with Crippen LogP contribution >= 0.6 is 27.7 Å². The minimum absolute atomic E-state index is 0.496. The molecule has 1 saturated heterocycles. The highest BCUT2D eigenvalue weighted by Crippen LogP contribution is 2.27. The van der Waals surface area contributed by atoms with Crippen LogP contribution in [0, 0.1) is 0 Å². The molecule has 7 heteroatoms. The Kier molecular flexibility index (Phi) is 4.49. The molecule has 1 aliphatic rings. The van der Waals surface area contributed by atoms with Crippen molar-refractivity contribution in [2.45, 2.75) is 6.61 Å². The molecule has 1 aromatic heterocycles. The van der Waals surface area contributed by atoms with Crippen LogP contribution in [0.25, 0.3) is 0 Å². The molecule has 0 radical (unpaired) electrons. The Labute approximate surface area is 130 Å². The fraction of sp³-hybridized carbons (Fsp3) is 0.385. The van der Waals surface area contributed by atoms with Gasteiger partial charge >= 0.3 is 0 Å². The Hall–Kier alpha value is -1.18. The topological polar surface area (TPSA) is 47.5 Å². The third-order valence-electron chi connectivity index (χ3n) is 3.04. The second-order valence-corrected chi connectivity index (χ2v) is 5.85. The molecule has 0 aliphatic carbocycles. The van der Waals surface area contributed by atoms with Crippen molar-refractivity contribution in [2.24, 2.45) is 0 Å². The third kappa shape index (κ3) is 3.28. The first-order valence-corrected chi connectivity index (χ1v) is 7.88. The van der Waals surface area contributed by atoms with Gasteiger partial charge in [0.05, 0.1) is 24.9 Å². The summed E-state index contributed by atoms with van der Waals surface area (Å²) in [5.74, 6) is 1.44. The van der Waals surface area contributed by atoms with Crippen LogP contribution in [0.3, 0.4) is 0 Å². The zero-order chi connectivity index (χ0) is 13.8. The lowest BCUT2D eigenvalue weighted by atomic mass is 10.2. The number of aromatic nitrogens is 2. The van der Waals surface area contributed by atoms with Gasteiger partial charge < -0.3 is 14.4 Å². The van der Waals surface area contributed by atoms with Gasteiger partial charge in [0.2, 0.25) is 5.82 Å². The smallest absolute Gasteiger partial charge is 0.271 e. The quantitative estimate of drug-likeness (QED) is 0.843. The van der Waals surface area contributed by atoms with Gasteiger partial charge in [0.15, 0.2) is 0 Å². The Balaban J connectivity index is 1.65. The number of morpholine rings is 1. The highest BCUT2D eigenvalue weighted by atomic mass is 79.9. The van der Waals surface area contributed by atoms with Crippen LogP contribution < -0.4 is 9.64 Å². The number of hydrogen-bond acceptors (Lipinski definition) is 6. The van der Waals surface area contributed by atoms with Crippen LogP contribution in [-0.4, -0.2) is 35.1 Å². The number of anilines is 1. The normalized spacial score (nSPS) is 15.3. The molecular formula is C13H14BrN3O2S. The van der Waals surface area contributed by atoms with E-state index in [1.165, 1.54) is 11.7 Å². The van der Waals surface area contributed by atoms with Crippen molar-refractivity contribution >= 4 is 33.5 Å². The molecule has 20 heavy (non-hydrogen) atoms. The predicted molar refractivity (Wildman–Crippen MR) is 81.4 cm³/mol. The van der Waals surface area contributed by atoms with Crippen LogP contribution in [0.1, 0.15) is 5.56 Å². The van der Waals surface area contributed by atoms with E-state index in [1.807, 2.05) is 24.3 Å². The number of hydrogen-bond donors (Lipinski definition) is 0. The lowest BCUT2D eigenvalue weighted by Crippen LogP contribution is -2.36. The molecule has 0 amide bonds. The predicted octanol–water partition coefficient (Wildman–Crippen LogP) is 2.72. The third-order valence-corrected chi connectivity index (χ3v) is 4.07. The Morgan fingerprint density at radius 1 is 1.20 bits per heavy atom. The van der Waals surface area contributed by atoms with Crippen molar-refractivity contribution in [1.29, 1.82) is 0 Å². The molecule has 2 heterocycles. The number of rotatable bonds is 4. The lowest BCUT2D eigenvalue weighted by Gasteiger charge is -2.26. The second kappa shape index (κ2) is 6.51. The molecule has 1 fully saturated rings. The molecule has 0 saturated carbocycles. The van der Waals surface area contributed by atoms with E-state index in [0.29, 0.717) is 12.5 Å². The standard InChI is InChI=1S/C13H14BrN3O2S/c14-11-3-1-10(2-4-11)9-19-13-12(15-20-16-13)17-5-7-18-8-6-17/h1-4H,5-9H2. The first-order valence-electron chi connectivity index (χ1n) is 6.35. The summed E-state index contributed by atoms with van der Waals surface area (Å²) in [5, 5.41) is 0. The highest BCUT2D eigenvalue weighted by molar-refractivity contribution is 9.10. The second-order valence-electron chi connectivity index (χ2n) is 4.41. The number of halogens is 1. The van der Waals surface area contributed by atoms with Crippen molar-refractivity contribution in [1.82, 2.24) is 8.75 Å². The van der Waals surface area contributed by atoms with Gasteiger partial charge in [-0.1, -0.05) is 28.1 Å². The van der Waals surface area contributed by atoms with E-state index in [1.54, 1.807) is 0 Å². The first kappa shape index (κ1) is 13.8. The van der Waals surface area contributed by atoms with Gasteiger partial charge in [-0.15, -0.1) is 4.37 Å². The Morgan fingerprint density at radius 2 is 1.95 bits per heavy atom. The Morgan fingerprint density at radius 3 is 2.70 bits per heavy atom. The van der Waals surface area contributed by atoms with Gasteiger partial charge in [0.25, 0.3) is 5.88 Å². The summed E-state index contributed by atoms with van der Waals surface area (Å²) >= 11 is 4.60. The van der Waals surface area contributed by atoms with Gasteiger partial charge in [-0.2, -0.15) is 4.37 Å². The number of benzene rings is 1. The monoisotopic (exact) mass is 355 g/mol. The molecule has 1 aliphatic heterocycles. The van der Waals surface area contributed by atoms with E-state index in [9.17, 15) is 0 Å². The molecule has 3 rings (SSSR count). The van der Waals surface area contributed by atoms with Crippen molar-refractivity contribution in [3.8, 4) is 5.88 Å². The van der Waals surface area contributed by atoms with Crippen LogP contribution in [0.2, 0.25) is 0 Å². The summed E-state index contributed by atoms with van der Waals surface area (Å²) in [5.41, 5.74) is 1.11. The van der Waals surface area contributed by atoms with E-state index in [0.717, 1.165) is 42.2 Å².